The predicted octanol–water partition coefficient (Wildman–Crippen LogP) is 2.94. The molecule has 0 aromatic heterocycles. The van der Waals surface area contributed by atoms with Crippen LogP contribution in [0.15, 0.2) is 65.8 Å². The molecular formula is C20H15NO3S. The number of carbonyl (C=O) groups excluding carboxylic acids is 1. The predicted molar refractivity (Wildman–Crippen MR) is 97.6 cm³/mol. The number of allylic oxidation sites excluding steroid dienone is 4. The van der Waals surface area contributed by atoms with Crippen molar-refractivity contribution in [1.29, 1.82) is 0 Å². The number of rotatable bonds is 1. The highest BCUT2D eigenvalue weighted by molar-refractivity contribution is 7.84. The van der Waals surface area contributed by atoms with Crippen LogP contribution in [0.2, 0.25) is 0 Å². The van der Waals surface area contributed by atoms with Gasteiger partial charge in [0.2, 0.25) is 0 Å². The first kappa shape index (κ1) is 14.7. The van der Waals surface area contributed by atoms with E-state index in [0.717, 1.165) is 16.7 Å². The first-order chi connectivity index (χ1) is 12.1. The summed E-state index contributed by atoms with van der Waals surface area (Å²) in [6.45, 7) is 0. The Hall–Kier alpha value is -2.66. The van der Waals surface area contributed by atoms with E-state index in [1.165, 1.54) is 0 Å². The molecule has 5 rings (SSSR count). The first-order valence-corrected chi connectivity index (χ1v) is 9.68. The Morgan fingerprint density at radius 2 is 2.00 bits per heavy atom. The monoisotopic (exact) mass is 349 g/mol. The van der Waals surface area contributed by atoms with E-state index in [1.54, 1.807) is 12.3 Å². The van der Waals surface area contributed by atoms with Gasteiger partial charge in [-0.25, -0.2) is 0 Å². The summed E-state index contributed by atoms with van der Waals surface area (Å²) >= 11 is 0. The summed E-state index contributed by atoms with van der Waals surface area (Å²) in [7, 11) is -1.24. The van der Waals surface area contributed by atoms with Crippen molar-refractivity contribution in [2.24, 2.45) is 0 Å². The summed E-state index contributed by atoms with van der Waals surface area (Å²) in [5.41, 5.74) is 3.55. The molecule has 0 bridgehead atoms. The second kappa shape index (κ2) is 4.92. The molecule has 1 N–H and O–H groups in total. The summed E-state index contributed by atoms with van der Waals surface area (Å²) in [5.74, 6) is 0.438. The van der Waals surface area contributed by atoms with E-state index in [1.807, 2.05) is 48.6 Å². The smallest absolute Gasteiger partial charge is 0.253 e. The van der Waals surface area contributed by atoms with Crippen LogP contribution >= 0.6 is 0 Å². The maximum absolute atomic E-state index is 12.3. The summed E-state index contributed by atoms with van der Waals surface area (Å²) < 4.78 is 18.7. The number of nitrogens with one attached hydrogen (secondary N) is 1. The van der Waals surface area contributed by atoms with Crippen LogP contribution in [0.5, 0.6) is 5.75 Å². The molecule has 124 valence electrons. The van der Waals surface area contributed by atoms with Crippen LogP contribution in [0.3, 0.4) is 0 Å². The van der Waals surface area contributed by atoms with Crippen molar-refractivity contribution in [3.8, 4) is 5.75 Å². The van der Waals surface area contributed by atoms with Gasteiger partial charge in [0, 0.05) is 44.9 Å². The average Bonchev–Trinajstić information content (AvgIpc) is 2.96. The minimum atomic E-state index is -1.24. The van der Waals surface area contributed by atoms with E-state index in [2.05, 4.69) is 11.4 Å². The van der Waals surface area contributed by atoms with Crippen molar-refractivity contribution < 1.29 is 13.7 Å². The summed E-state index contributed by atoms with van der Waals surface area (Å²) in [6, 6.07) is 3.68. The second-order valence-electron chi connectivity index (χ2n) is 6.43. The molecule has 0 radical (unpaired) electrons. The van der Waals surface area contributed by atoms with Gasteiger partial charge in [0.1, 0.15) is 11.1 Å². The van der Waals surface area contributed by atoms with Crippen molar-refractivity contribution in [2.45, 2.75) is 11.0 Å². The van der Waals surface area contributed by atoms with Crippen LogP contribution in [0, 0.1) is 0 Å². The number of carbonyl (C=O) groups is 1. The van der Waals surface area contributed by atoms with Gasteiger partial charge in [0.05, 0.1) is 0 Å². The molecule has 3 unspecified atom stereocenters. The summed E-state index contributed by atoms with van der Waals surface area (Å²) in [4.78, 5) is 12.3. The van der Waals surface area contributed by atoms with E-state index in [9.17, 15) is 9.00 Å². The van der Waals surface area contributed by atoms with Gasteiger partial charge in [0.25, 0.3) is 5.91 Å². The van der Waals surface area contributed by atoms with Crippen molar-refractivity contribution in [2.75, 3.05) is 6.26 Å². The minimum Gasteiger partial charge on any atom is -0.473 e. The topological polar surface area (TPSA) is 55.4 Å². The summed E-state index contributed by atoms with van der Waals surface area (Å²) in [5, 5.41) is 2.27. The number of amides is 1. The zero-order valence-electron chi connectivity index (χ0n) is 13.5. The zero-order valence-corrected chi connectivity index (χ0v) is 14.3. The number of hydrogen-bond donors (Lipinski definition) is 1. The lowest BCUT2D eigenvalue weighted by molar-refractivity contribution is 0.0964. The Morgan fingerprint density at radius 1 is 1.16 bits per heavy atom. The van der Waals surface area contributed by atoms with Gasteiger partial charge in [-0.2, -0.15) is 0 Å². The van der Waals surface area contributed by atoms with Crippen LogP contribution in [-0.2, 0) is 10.8 Å². The fourth-order valence-electron chi connectivity index (χ4n) is 3.85. The Kier molecular flexibility index (Phi) is 2.89. The van der Waals surface area contributed by atoms with Gasteiger partial charge in [-0.1, -0.05) is 42.5 Å². The van der Waals surface area contributed by atoms with Crippen molar-refractivity contribution in [3.63, 3.8) is 0 Å². The van der Waals surface area contributed by atoms with Crippen LogP contribution in [0.1, 0.15) is 26.9 Å². The van der Waals surface area contributed by atoms with Gasteiger partial charge in [0.15, 0.2) is 5.60 Å². The molecule has 3 atom stereocenters. The number of fused-ring (bicyclic) bond motifs is 3. The molecule has 5 heteroatoms. The molecule has 2 aliphatic heterocycles. The Labute approximate surface area is 147 Å². The van der Waals surface area contributed by atoms with Crippen LogP contribution in [0.25, 0.3) is 6.08 Å². The third-order valence-electron chi connectivity index (χ3n) is 5.03. The molecule has 4 nitrogen and oxygen atoms in total. The highest BCUT2D eigenvalue weighted by Gasteiger charge is 2.44. The fourth-order valence-corrected chi connectivity index (χ4v) is 4.69. The Bertz CT molecular complexity index is 1010. The van der Waals surface area contributed by atoms with Crippen LogP contribution in [0.4, 0.5) is 0 Å². The van der Waals surface area contributed by atoms with Gasteiger partial charge < -0.3 is 10.1 Å². The van der Waals surface area contributed by atoms with Crippen molar-refractivity contribution >= 4 is 22.8 Å². The highest BCUT2D eigenvalue weighted by Crippen LogP contribution is 2.49. The summed E-state index contributed by atoms with van der Waals surface area (Å²) in [6.07, 6.45) is 17.8. The molecule has 4 aliphatic rings. The minimum absolute atomic E-state index is 0.202. The molecule has 2 heterocycles. The van der Waals surface area contributed by atoms with Crippen LogP contribution < -0.4 is 10.1 Å². The lowest BCUT2D eigenvalue weighted by atomic mass is 9.77. The van der Waals surface area contributed by atoms with E-state index in [0.29, 0.717) is 16.9 Å². The highest BCUT2D eigenvalue weighted by atomic mass is 32.2. The average molecular weight is 349 g/mol. The van der Waals surface area contributed by atoms with Crippen LogP contribution in [-0.4, -0.2) is 22.0 Å². The normalized spacial score (nSPS) is 28.7. The largest absolute Gasteiger partial charge is 0.473 e. The molecule has 1 amide bonds. The lowest BCUT2D eigenvalue weighted by Gasteiger charge is -2.41. The Balaban J connectivity index is 1.77. The molecule has 0 saturated heterocycles. The molecule has 25 heavy (non-hydrogen) atoms. The maximum atomic E-state index is 12.3. The Morgan fingerprint density at radius 3 is 2.84 bits per heavy atom. The third kappa shape index (κ3) is 1.87. The quantitative estimate of drug-likeness (QED) is 0.848. The zero-order chi connectivity index (χ0) is 17.2. The third-order valence-corrected chi connectivity index (χ3v) is 6.05. The van der Waals surface area contributed by atoms with E-state index >= 15 is 0 Å². The van der Waals surface area contributed by atoms with Gasteiger partial charge in [-0.3, -0.25) is 9.00 Å². The first-order valence-electron chi connectivity index (χ1n) is 8.06. The standard InChI is InChI=1S/C20H15NO3S/c1-25(23)19-16-15(18(22)21-19)9-8-12-11-14-7-4-6-13-5-2-3-10-20(13,14)24-17(12)16/h2-11,19H,1H3,(H,21,22). The fraction of sp³-hybridized carbons (Fsp3) is 0.150. The molecule has 1 spiro atoms. The van der Waals surface area contributed by atoms with E-state index in [4.69, 9.17) is 4.74 Å². The van der Waals surface area contributed by atoms with E-state index < -0.39 is 21.8 Å². The van der Waals surface area contributed by atoms with Crippen molar-refractivity contribution in [3.05, 3.63) is 82.5 Å². The molecule has 1 aromatic carbocycles. The molecule has 1 aromatic rings. The second-order valence-corrected chi connectivity index (χ2v) is 7.90. The lowest BCUT2D eigenvalue weighted by Crippen LogP contribution is -2.41. The number of benzene rings is 1. The van der Waals surface area contributed by atoms with Gasteiger partial charge in [-0.05, 0) is 18.2 Å². The number of hydrogen-bond acceptors (Lipinski definition) is 3. The van der Waals surface area contributed by atoms with Gasteiger partial charge >= 0.3 is 0 Å². The molecule has 0 fully saturated rings. The molecule has 2 aliphatic carbocycles. The van der Waals surface area contributed by atoms with Gasteiger partial charge in [-0.15, -0.1) is 0 Å². The molecular weight excluding hydrogens is 334 g/mol. The molecule has 0 saturated carbocycles. The maximum Gasteiger partial charge on any atom is 0.253 e. The SMILES string of the molecule is CS(=O)C1NC(=O)c2ccc3c(c21)OC12C=CC=CC1=CC=CC2=C3. The number of ether oxygens (including phenoxy) is 1. The van der Waals surface area contributed by atoms with E-state index in [-0.39, 0.29) is 5.91 Å². The van der Waals surface area contributed by atoms with Crippen molar-refractivity contribution in [1.82, 2.24) is 5.32 Å².